The van der Waals surface area contributed by atoms with Gasteiger partial charge in [0.1, 0.15) is 0 Å². The first kappa shape index (κ1) is 37.7. The molecule has 0 unspecified atom stereocenters. The van der Waals surface area contributed by atoms with Crippen molar-refractivity contribution in [3.8, 4) is 0 Å². The van der Waals surface area contributed by atoms with Crippen molar-refractivity contribution in [2.45, 2.75) is 124 Å². The molecular weight excluding hydrogens is 410 g/mol. The summed E-state index contributed by atoms with van der Waals surface area (Å²) in [6.07, 6.45) is 2.49. The SMILES string of the molecule is CC(C)(C)Cc1ccccc1.CC(C)C(C)(C)C.CC(C)CC(C)(C)C.CN(C)CC(C)(C)C. The molecule has 1 rings (SSSR count). The molecule has 0 bridgehead atoms. The van der Waals surface area contributed by atoms with Gasteiger partial charge in [0.25, 0.3) is 0 Å². The van der Waals surface area contributed by atoms with Crippen molar-refractivity contribution in [1.82, 2.24) is 4.90 Å². The molecule has 0 radical (unpaired) electrons. The van der Waals surface area contributed by atoms with E-state index in [0.29, 0.717) is 21.7 Å². The van der Waals surface area contributed by atoms with Gasteiger partial charge >= 0.3 is 0 Å². The lowest BCUT2D eigenvalue weighted by atomic mass is 9.84. The predicted molar refractivity (Wildman–Crippen MR) is 161 cm³/mol. The summed E-state index contributed by atoms with van der Waals surface area (Å²) < 4.78 is 0. The highest BCUT2D eigenvalue weighted by Gasteiger charge is 2.14. The molecule has 0 saturated heterocycles. The van der Waals surface area contributed by atoms with Gasteiger partial charge in [0.2, 0.25) is 0 Å². The predicted octanol–water partition coefficient (Wildman–Crippen LogP) is 10.6. The summed E-state index contributed by atoms with van der Waals surface area (Å²) in [4.78, 5) is 2.21. The molecule has 0 aliphatic rings. The van der Waals surface area contributed by atoms with E-state index in [1.807, 2.05) is 0 Å². The van der Waals surface area contributed by atoms with Crippen LogP contribution in [0.1, 0.15) is 123 Å². The van der Waals surface area contributed by atoms with Crippen molar-refractivity contribution in [2.75, 3.05) is 20.6 Å². The highest BCUT2D eigenvalue weighted by Crippen LogP contribution is 2.24. The maximum absolute atomic E-state index is 2.28. The van der Waals surface area contributed by atoms with E-state index in [9.17, 15) is 0 Å². The zero-order valence-corrected chi connectivity index (χ0v) is 27.1. The van der Waals surface area contributed by atoms with Gasteiger partial charge in [-0.2, -0.15) is 0 Å². The Hall–Kier alpha value is -0.820. The fourth-order valence-corrected chi connectivity index (χ4v) is 3.38. The van der Waals surface area contributed by atoms with Crippen LogP contribution >= 0.6 is 0 Å². The molecule has 0 aromatic heterocycles. The number of rotatable bonds is 3. The Kier molecular flexibility index (Phi) is 18.6. The zero-order chi connectivity index (χ0) is 28.0. The van der Waals surface area contributed by atoms with Crippen LogP contribution in [0.3, 0.4) is 0 Å². The smallest absolute Gasteiger partial charge is 0.00239 e. The molecule has 0 fully saturated rings. The van der Waals surface area contributed by atoms with E-state index < -0.39 is 0 Å². The second-order valence-corrected chi connectivity index (χ2v) is 15.7. The van der Waals surface area contributed by atoms with Gasteiger partial charge in [-0.3, -0.25) is 0 Å². The second-order valence-electron chi connectivity index (χ2n) is 15.7. The van der Waals surface area contributed by atoms with Gasteiger partial charge in [-0.1, -0.05) is 141 Å². The molecule has 1 nitrogen and oxygen atoms in total. The molecule has 0 spiro atoms. The minimum atomic E-state index is 0.404. The summed E-state index contributed by atoms with van der Waals surface area (Å²) in [6, 6.07) is 10.6. The lowest BCUT2D eigenvalue weighted by Crippen LogP contribution is -2.25. The average molecular weight is 478 g/mol. The molecule has 1 aromatic rings. The third-order valence-electron chi connectivity index (χ3n) is 5.12. The highest BCUT2D eigenvalue weighted by atomic mass is 15.1. The van der Waals surface area contributed by atoms with Crippen molar-refractivity contribution in [3.05, 3.63) is 35.9 Å². The van der Waals surface area contributed by atoms with Crippen LogP contribution in [0.5, 0.6) is 0 Å². The van der Waals surface area contributed by atoms with Crippen molar-refractivity contribution in [3.63, 3.8) is 0 Å². The molecule has 0 heterocycles. The van der Waals surface area contributed by atoms with Gasteiger partial charge in [0.05, 0.1) is 0 Å². The summed E-state index contributed by atoms with van der Waals surface area (Å²) in [7, 11) is 4.20. The lowest BCUT2D eigenvalue weighted by molar-refractivity contribution is 0.263. The molecule has 0 aliphatic carbocycles. The average Bonchev–Trinajstić information content (AvgIpc) is 2.50. The van der Waals surface area contributed by atoms with Crippen LogP contribution in [-0.2, 0) is 6.42 Å². The Morgan fingerprint density at radius 1 is 0.618 bits per heavy atom. The van der Waals surface area contributed by atoms with Gasteiger partial charge in [-0.05, 0) is 66.0 Å². The molecule has 0 N–H and O–H groups in total. The zero-order valence-electron chi connectivity index (χ0n) is 27.1. The molecule has 0 amide bonds. The Labute approximate surface area is 218 Å². The highest BCUT2D eigenvalue weighted by molar-refractivity contribution is 5.15. The monoisotopic (exact) mass is 478 g/mol. The molecule has 204 valence electrons. The van der Waals surface area contributed by atoms with Crippen LogP contribution in [0.2, 0.25) is 0 Å². The summed E-state index contributed by atoms with van der Waals surface area (Å²) >= 11 is 0. The standard InChI is InChI=1S/C11H16.C8H18.C7H17N.C7H16/c1-11(2,3)9-10-7-5-4-6-8-10;1-7(2)6-8(3,4)5;1-7(2,3)6-8(4)5;1-6(2)7(3,4)5/h4-8H,9H2,1-3H3;7H,6H2,1-5H3;6H2,1-5H3;6H,1-5H3. The fourth-order valence-electron chi connectivity index (χ4n) is 3.38. The van der Waals surface area contributed by atoms with Gasteiger partial charge < -0.3 is 4.90 Å². The van der Waals surface area contributed by atoms with E-state index in [-0.39, 0.29) is 0 Å². The third-order valence-corrected chi connectivity index (χ3v) is 5.12. The number of hydrogen-bond donors (Lipinski definition) is 0. The Morgan fingerprint density at radius 3 is 1.15 bits per heavy atom. The normalized spacial score (nSPS) is 12.4. The van der Waals surface area contributed by atoms with E-state index in [1.54, 1.807) is 0 Å². The molecule has 0 saturated carbocycles. The van der Waals surface area contributed by atoms with Crippen LogP contribution < -0.4 is 0 Å². The Bertz CT molecular complexity index is 546. The summed E-state index contributed by atoms with van der Waals surface area (Å²) in [6.45, 7) is 37.4. The largest absolute Gasteiger partial charge is 0.309 e. The quantitative estimate of drug-likeness (QED) is 0.418. The topological polar surface area (TPSA) is 3.24 Å². The van der Waals surface area contributed by atoms with Crippen molar-refractivity contribution < 1.29 is 0 Å². The van der Waals surface area contributed by atoms with Gasteiger partial charge in [0.15, 0.2) is 0 Å². The number of benzene rings is 1. The first-order valence-electron chi connectivity index (χ1n) is 13.5. The van der Waals surface area contributed by atoms with E-state index >= 15 is 0 Å². The third kappa shape index (κ3) is 35.8. The Balaban J connectivity index is -0.000000384. The first-order valence-corrected chi connectivity index (χ1v) is 13.5. The number of hydrogen-bond acceptors (Lipinski definition) is 1. The van der Waals surface area contributed by atoms with Crippen molar-refractivity contribution in [2.24, 2.45) is 33.5 Å². The van der Waals surface area contributed by atoms with Crippen LogP contribution in [0.15, 0.2) is 30.3 Å². The second kappa shape index (κ2) is 16.8. The fraction of sp³-hybridized carbons (Fsp3) is 0.818. The summed E-state index contributed by atoms with van der Waals surface area (Å²) in [5.41, 5.74) is 3.30. The van der Waals surface area contributed by atoms with Gasteiger partial charge in [-0.25, -0.2) is 0 Å². The maximum atomic E-state index is 2.28. The van der Waals surface area contributed by atoms with Gasteiger partial charge in [-0.15, -0.1) is 0 Å². The molecular formula is C33H67N. The lowest BCUT2D eigenvalue weighted by Gasteiger charge is -2.22. The number of nitrogens with zero attached hydrogens (tertiary/aromatic N) is 1. The first-order chi connectivity index (χ1) is 14.9. The van der Waals surface area contributed by atoms with Crippen LogP contribution in [0.25, 0.3) is 0 Å². The molecule has 34 heavy (non-hydrogen) atoms. The van der Waals surface area contributed by atoms with E-state index in [1.165, 1.54) is 12.0 Å². The Morgan fingerprint density at radius 2 is 1.00 bits per heavy atom. The van der Waals surface area contributed by atoms with Crippen molar-refractivity contribution >= 4 is 0 Å². The summed E-state index contributed by atoms with van der Waals surface area (Å²) in [5, 5.41) is 0. The van der Waals surface area contributed by atoms with E-state index in [2.05, 4.69) is 160 Å². The van der Waals surface area contributed by atoms with E-state index in [4.69, 9.17) is 0 Å². The van der Waals surface area contributed by atoms with Crippen LogP contribution in [0, 0.1) is 33.5 Å². The van der Waals surface area contributed by atoms with Crippen LogP contribution in [0.4, 0.5) is 0 Å². The maximum Gasteiger partial charge on any atom is 0.00239 e. The van der Waals surface area contributed by atoms with Crippen molar-refractivity contribution in [1.29, 1.82) is 0 Å². The van der Waals surface area contributed by atoms with Gasteiger partial charge in [0, 0.05) is 6.54 Å². The summed E-state index contributed by atoms with van der Waals surface area (Å²) in [5.74, 6) is 1.64. The molecule has 1 aromatic carbocycles. The molecule has 0 atom stereocenters. The minimum Gasteiger partial charge on any atom is -0.309 e. The molecule has 1 heteroatoms. The van der Waals surface area contributed by atoms with Crippen LogP contribution in [-0.4, -0.2) is 25.5 Å². The minimum absolute atomic E-state index is 0.404. The van der Waals surface area contributed by atoms with E-state index in [0.717, 1.165) is 24.8 Å². The molecule has 0 aliphatic heterocycles.